The number of rotatable bonds is 4. The Bertz CT molecular complexity index is 901. The van der Waals surface area contributed by atoms with Gasteiger partial charge < -0.3 is 4.74 Å². The van der Waals surface area contributed by atoms with Crippen LogP contribution in [-0.4, -0.2) is 37.0 Å². The van der Waals surface area contributed by atoms with Crippen LogP contribution < -0.4 is 15.6 Å². The lowest BCUT2D eigenvalue weighted by atomic mass is 10.2. The monoisotopic (exact) mass is 314 g/mol. The first kappa shape index (κ1) is 14.7. The van der Waals surface area contributed by atoms with Crippen molar-refractivity contribution < 1.29 is 9.53 Å². The number of amides is 1. The molecule has 0 unspecified atom stereocenters. The summed E-state index contributed by atoms with van der Waals surface area (Å²) in [6.07, 6.45) is 1.54. The van der Waals surface area contributed by atoms with Crippen LogP contribution in [0, 0.1) is 0 Å². The first-order chi connectivity index (χ1) is 11.0. The van der Waals surface area contributed by atoms with Crippen LogP contribution in [0.5, 0.6) is 5.75 Å². The average Bonchev–Trinajstić information content (AvgIpc) is 3.00. The van der Waals surface area contributed by atoms with E-state index in [0.29, 0.717) is 11.3 Å². The van der Waals surface area contributed by atoms with Crippen molar-refractivity contribution in [3.63, 3.8) is 0 Å². The molecule has 0 aliphatic carbocycles. The minimum Gasteiger partial charge on any atom is -0.489 e. The van der Waals surface area contributed by atoms with E-state index in [9.17, 15) is 9.59 Å². The second-order valence-electron chi connectivity index (χ2n) is 5.07. The third kappa shape index (κ3) is 3.03. The lowest BCUT2D eigenvalue weighted by Gasteiger charge is -2.11. The van der Waals surface area contributed by atoms with Crippen molar-refractivity contribution in [2.75, 3.05) is 5.32 Å². The van der Waals surface area contributed by atoms with Crippen molar-refractivity contribution in [1.82, 2.24) is 25.0 Å². The van der Waals surface area contributed by atoms with Crippen LogP contribution in [0.1, 0.15) is 24.2 Å². The Kier molecular flexibility index (Phi) is 3.75. The van der Waals surface area contributed by atoms with Gasteiger partial charge in [-0.15, -0.1) is 5.10 Å². The van der Waals surface area contributed by atoms with Crippen molar-refractivity contribution in [1.29, 1.82) is 0 Å². The normalized spacial score (nSPS) is 10.9. The zero-order valence-electron chi connectivity index (χ0n) is 12.5. The fraction of sp³-hybridized carbons (Fsp3) is 0.214. The summed E-state index contributed by atoms with van der Waals surface area (Å²) >= 11 is 0. The summed E-state index contributed by atoms with van der Waals surface area (Å²) in [6, 6.07) is 6.65. The molecule has 0 fully saturated rings. The molecule has 0 bridgehead atoms. The van der Waals surface area contributed by atoms with Crippen molar-refractivity contribution in [2.45, 2.75) is 20.0 Å². The predicted molar refractivity (Wildman–Crippen MR) is 81.6 cm³/mol. The molecule has 0 aliphatic rings. The minimum atomic E-state index is -0.610. The molecular weight excluding hydrogens is 300 g/mol. The number of hydrogen-bond acceptors (Lipinski definition) is 6. The quantitative estimate of drug-likeness (QED) is 0.738. The van der Waals surface area contributed by atoms with Gasteiger partial charge in [-0.2, -0.15) is 5.21 Å². The third-order valence-corrected chi connectivity index (χ3v) is 3.01. The third-order valence-electron chi connectivity index (χ3n) is 3.01. The summed E-state index contributed by atoms with van der Waals surface area (Å²) in [5.41, 5.74) is 0.161. The summed E-state index contributed by atoms with van der Waals surface area (Å²) in [5.74, 6) is -0.0669. The topological polar surface area (TPSA) is 114 Å². The van der Waals surface area contributed by atoms with Crippen LogP contribution in [0.25, 0.3) is 5.52 Å². The van der Waals surface area contributed by atoms with Crippen molar-refractivity contribution >= 4 is 17.4 Å². The largest absolute Gasteiger partial charge is 0.489 e. The Balaban J connectivity index is 1.99. The molecule has 0 aliphatic heterocycles. The molecule has 2 N–H and O–H groups in total. The van der Waals surface area contributed by atoms with Gasteiger partial charge in [-0.1, -0.05) is 5.10 Å². The SMILES string of the molecule is CC(C)Oc1ccc2ccc(C(=O)Nc3nn[nH]n3)c(=O)n2c1. The highest BCUT2D eigenvalue weighted by atomic mass is 16.5. The first-order valence-corrected chi connectivity index (χ1v) is 6.91. The van der Waals surface area contributed by atoms with Gasteiger partial charge in [0.25, 0.3) is 17.4 Å². The summed E-state index contributed by atoms with van der Waals surface area (Å²) in [5, 5.41) is 15.2. The van der Waals surface area contributed by atoms with Crippen molar-refractivity contribution in [2.24, 2.45) is 0 Å². The molecule has 0 saturated carbocycles. The van der Waals surface area contributed by atoms with E-state index in [-0.39, 0.29) is 17.6 Å². The number of aromatic amines is 1. The fourth-order valence-corrected chi connectivity index (χ4v) is 2.07. The van der Waals surface area contributed by atoms with Gasteiger partial charge in [-0.05, 0) is 43.3 Å². The molecule has 0 radical (unpaired) electrons. The van der Waals surface area contributed by atoms with E-state index in [4.69, 9.17) is 4.74 Å². The first-order valence-electron chi connectivity index (χ1n) is 6.91. The second kappa shape index (κ2) is 5.87. The van der Waals surface area contributed by atoms with E-state index in [0.717, 1.165) is 0 Å². The van der Waals surface area contributed by atoms with Crippen LogP contribution in [0.3, 0.4) is 0 Å². The number of nitrogens with zero attached hydrogens (tertiary/aromatic N) is 4. The second-order valence-corrected chi connectivity index (χ2v) is 5.07. The highest BCUT2D eigenvalue weighted by Gasteiger charge is 2.14. The average molecular weight is 314 g/mol. The van der Waals surface area contributed by atoms with E-state index in [1.807, 2.05) is 13.8 Å². The Morgan fingerprint density at radius 2 is 2.09 bits per heavy atom. The summed E-state index contributed by atoms with van der Waals surface area (Å²) in [7, 11) is 0. The number of anilines is 1. The molecule has 9 nitrogen and oxygen atoms in total. The molecule has 0 aromatic carbocycles. The van der Waals surface area contributed by atoms with E-state index in [2.05, 4.69) is 25.9 Å². The number of hydrogen-bond donors (Lipinski definition) is 2. The van der Waals surface area contributed by atoms with Crippen LogP contribution in [0.15, 0.2) is 35.3 Å². The molecule has 9 heteroatoms. The number of carbonyl (C=O) groups is 1. The fourth-order valence-electron chi connectivity index (χ4n) is 2.07. The van der Waals surface area contributed by atoms with E-state index >= 15 is 0 Å². The minimum absolute atomic E-state index is 0.00334. The molecule has 1 amide bonds. The molecule has 23 heavy (non-hydrogen) atoms. The standard InChI is InChI=1S/C14H14N6O3/c1-8(2)23-10-5-3-9-4-6-11(13(22)20(9)7-10)12(21)15-14-16-18-19-17-14/h3-8H,1-2H3,(H2,15,16,17,18,19,21). The van der Waals surface area contributed by atoms with Crippen molar-refractivity contribution in [3.8, 4) is 5.75 Å². The number of aromatic nitrogens is 5. The van der Waals surface area contributed by atoms with Crippen LogP contribution in [0.2, 0.25) is 0 Å². The highest BCUT2D eigenvalue weighted by Crippen LogP contribution is 2.14. The summed E-state index contributed by atoms with van der Waals surface area (Å²) in [6.45, 7) is 3.78. The van der Waals surface area contributed by atoms with Gasteiger partial charge in [-0.25, -0.2) is 0 Å². The lowest BCUT2D eigenvalue weighted by molar-refractivity contribution is 0.102. The lowest BCUT2D eigenvalue weighted by Crippen LogP contribution is -2.26. The highest BCUT2D eigenvalue weighted by molar-refractivity contribution is 6.03. The number of H-pyrrole nitrogens is 1. The Labute approximate surface area is 130 Å². The van der Waals surface area contributed by atoms with Crippen LogP contribution >= 0.6 is 0 Å². The van der Waals surface area contributed by atoms with Gasteiger partial charge in [0.15, 0.2) is 0 Å². The van der Waals surface area contributed by atoms with Crippen molar-refractivity contribution in [3.05, 3.63) is 46.4 Å². The van der Waals surface area contributed by atoms with Crippen LogP contribution in [-0.2, 0) is 0 Å². The molecule has 3 aromatic rings. The zero-order chi connectivity index (χ0) is 16.4. The van der Waals surface area contributed by atoms with Gasteiger partial charge >= 0.3 is 0 Å². The number of fused-ring (bicyclic) bond motifs is 1. The Hall–Kier alpha value is -3.23. The zero-order valence-corrected chi connectivity index (χ0v) is 12.5. The molecule has 0 atom stereocenters. The molecule has 3 heterocycles. The molecule has 0 saturated heterocycles. The maximum absolute atomic E-state index is 12.5. The van der Waals surface area contributed by atoms with E-state index in [1.165, 1.54) is 10.5 Å². The molecular formula is C14H14N6O3. The molecule has 3 rings (SSSR count). The number of carbonyl (C=O) groups excluding carboxylic acids is 1. The van der Waals surface area contributed by atoms with E-state index in [1.54, 1.807) is 24.4 Å². The Morgan fingerprint density at radius 3 is 2.78 bits per heavy atom. The number of pyridine rings is 2. The van der Waals surface area contributed by atoms with Gasteiger partial charge in [0.05, 0.1) is 12.3 Å². The van der Waals surface area contributed by atoms with Gasteiger partial charge in [0.1, 0.15) is 11.3 Å². The van der Waals surface area contributed by atoms with Gasteiger partial charge in [0, 0.05) is 5.52 Å². The summed E-state index contributed by atoms with van der Waals surface area (Å²) < 4.78 is 6.93. The maximum Gasteiger partial charge on any atom is 0.270 e. The molecule has 3 aromatic heterocycles. The number of nitrogens with one attached hydrogen (secondary N) is 2. The van der Waals surface area contributed by atoms with Gasteiger partial charge in [0.2, 0.25) is 0 Å². The van der Waals surface area contributed by atoms with Crippen LogP contribution in [0.4, 0.5) is 5.95 Å². The smallest absolute Gasteiger partial charge is 0.270 e. The van der Waals surface area contributed by atoms with Gasteiger partial charge in [-0.3, -0.25) is 19.3 Å². The number of tetrazole rings is 1. The maximum atomic E-state index is 12.5. The predicted octanol–water partition coefficient (Wildman–Crippen LogP) is 0.852. The Morgan fingerprint density at radius 1 is 1.30 bits per heavy atom. The number of ether oxygens (including phenoxy) is 1. The molecule has 118 valence electrons. The van der Waals surface area contributed by atoms with E-state index < -0.39 is 11.5 Å². The molecule has 0 spiro atoms. The summed E-state index contributed by atoms with van der Waals surface area (Å²) in [4.78, 5) is 24.7.